The molecule has 0 radical (unpaired) electrons. The van der Waals surface area contributed by atoms with Gasteiger partial charge in [0.15, 0.2) is 0 Å². The van der Waals surface area contributed by atoms with E-state index in [1.165, 1.54) is 24.0 Å². The molecule has 1 nitrogen and oxygen atoms in total. The zero-order chi connectivity index (χ0) is 12.3. The molecule has 1 saturated carbocycles. The van der Waals surface area contributed by atoms with Crippen molar-refractivity contribution in [1.82, 2.24) is 5.32 Å². The van der Waals surface area contributed by atoms with Gasteiger partial charge in [-0.2, -0.15) is 0 Å². The molecular weight excluding hydrogens is 206 g/mol. The van der Waals surface area contributed by atoms with Crippen LogP contribution in [0.25, 0.3) is 5.57 Å². The highest BCUT2D eigenvalue weighted by Crippen LogP contribution is 2.31. The third kappa shape index (κ3) is 2.98. The minimum absolute atomic E-state index is 0.672. The fourth-order valence-corrected chi connectivity index (χ4v) is 2.68. The molecule has 1 aliphatic rings. The van der Waals surface area contributed by atoms with Gasteiger partial charge in [-0.1, -0.05) is 50.8 Å². The van der Waals surface area contributed by atoms with Crippen LogP contribution in [0.2, 0.25) is 0 Å². The Balaban J connectivity index is 1.85. The second kappa shape index (κ2) is 5.50. The number of benzene rings is 1. The molecule has 1 heteroatoms. The normalized spacial score (nSPS) is 28.2. The van der Waals surface area contributed by atoms with Gasteiger partial charge in [0.05, 0.1) is 0 Å². The highest BCUT2D eigenvalue weighted by molar-refractivity contribution is 5.64. The van der Waals surface area contributed by atoms with E-state index in [1.54, 1.807) is 0 Å². The van der Waals surface area contributed by atoms with E-state index in [0.29, 0.717) is 6.04 Å². The molecule has 1 aromatic rings. The second-order valence-corrected chi connectivity index (χ2v) is 5.37. The van der Waals surface area contributed by atoms with E-state index in [2.05, 4.69) is 50.0 Å². The van der Waals surface area contributed by atoms with Crippen molar-refractivity contribution >= 4 is 5.57 Å². The first-order valence-corrected chi connectivity index (χ1v) is 6.65. The van der Waals surface area contributed by atoms with Crippen LogP contribution >= 0.6 is 0 Å². The molecule has 1 fully saturated rings. The number of hydrogen-bond donors (Lipinski definition) is 1. The van der Waals surface area contributed by atoms with Gasteiger partial charge in [0.2, 0.25) is 0 Å². The summed E-state index contributed by atoms with van der Waals surface area (Å²) in [5.74, 6) is 1.65. The topological polar surface area (TPSA) is 12.0 Å². The van der Waals surface area contributed by atoms with Crippen LogP contribution in [-0.2, 0) is 0 Å². The lowest BCUT2D eigenvalue weighted by molar-refractivity contribution is 0.381. The maximum atomic E-state index is 4.17. The monoisotopic (exact) mass is 229 g/mol. The van der Waals surface area contributed by atoms with Gasteiger partial charge in [-0.25, -0.2) is 0 Å². The molecule has 0 aromatic heterocycles. The summed E-state index contributed by atoms with van der Waals surface area (Å²) in [5.41, 5.74) is 2.44. The molecule has 3 atom stereocenters. The fraction of sp³-hybridized carbons (Fsp3) is 0.500. The number of hydrogen-bond acceptors (Lipinski definition) is 1. The molecular formula is C16H23N. The van der Waals surface area contributed by atoms with Crippen LogP contribution in [0.3, 0.4) is 0 Å². The Morgan fingerprint density at radius 3 is 2.53 bits per heavy atom. The lowest BCUT2D eigenvalue weighted by Gasteiger charge is -2.20. The van der Waals surface area contributed by atoms with E-state index in [4.69, 9.17) is 0 Å². The summed E-state index contributed by atoms with van der Waals surface area (Å²) in [6.45, 7) is 9.80. The van der Waals surface area contributed by atoms with Gasteiger partial charge in [-0.05, 0) is 35.8 Å². The van der Waals surface area contributed by atoms with Crippen molar-refractivity contribution in [3.05, 3.63) is 42.5 Å². The molecule has 0 spiro atoms. The molecule has 1 aromatic carbocycles. The molecule has 3 unspecified atom stereocenters. The van der Waals surface area contributed by atoms with Gasteiger partial charge in [-0.3, -0.25) is 0 Å². The van der Waals surface area contributed by atoms with Crippen LogP contribution in [-0.4, -0.2) is 12.6 Å². The Bertz CT molecular complexity index is 368. The van der Waals surface area contributed by atoms with Crippen molar-refractivity contribution in [2.45, 2.75) is 32.7 Å². The fourth-order valence-electron chi connectivity index (χ4n) is 2.68. The smallest absolute Gasteiger partial charge is 0.0208 e. The van der Waals surface area contributed by atoms with Gasteiger partial charge in [-0.15, -0.1) is 0 Å². The standard InChI is InChI=1S/C16H23N/c1-12-9-10-16(14(12)3)17-11-13(2)15-7-5-4-6-8-15/h4-8,12,14,16-17H,2,9-11H2,1,3H3. The van der Waals surface area contributed by atoms with Gasteiger partial charge in [0, 0.05) is 12.6 Å². The zero-order valence-corrected chi connectivity index (χ0v) is 10.9. The van der Waals surface area contributed by atoms with E-state index in [9.17, 15) is 0 Å². The second-order valence-electron chi connectivity index (χ2n) is 5.37. The van der Waals surface area contributed by atoms with Gasteiger partial charge in [0.25, 0.3) is 0 Å². The zero-order valence-electron chi connectivity index (χ0n) is 10.9. The van der Waals surface area contributed by atoms with Gasteiger partial charge < -0.3 is 5.32 Å². The average Bonchev–Trinajstić information content (AvgIpc) is 2.68. The van der Waals surface area contributed by atoms with E-state index in [0.717, 1.165) is 18.4 Å². The molecule has 0 bridgehead atoms. The minimum atomic E-state index is 0.672. The van der Waals surface area contributed by atoms with Crippen LogP contribution in [0.4, 0.5) is 0 Å². The van der Waals surface area contributed by atoms with Gasteiger partial charge in [0.1, 0.15) is 0 Å². The van der Waals surface area contributed by atoms with Crippen molar-refractivity contribution in [2.75, 3.05) is 6.54 Å². The molecule has 0 aliphatic heterocycles. The first-order chi connectivity index (χ1) is 8.18. The van der Waals surface area contributed by atoms with Crippen LogP contribution in [0, 0.1) is 11.8 Å². The summed E-state index contributed by atoms with van der Waals surface area (Å²) < 4.78 is 0. The SMILES string of the molecule is C=C(CNC1CCC(C)C1C)c1ccccc1. The van der Waals surface area contributed by atoms with E-state index in [1.807, 2.05) is 6.07 Å². The third-order valence-corrected chi connectivity index (χ3v) is 4.22. The Hall–Kier alpha value is -1.08. The van der Waals surface area contributed by atoms with E-state index >= 15 is 0 Å². The lowest BCUT2D eigenvalue weighted by Crippen LogP contribution is -2.33. The van der Waals surface area contributed by atoms with Crippen molar-refractivity contribution in [3.63, 3.8) is 0 Å². The number of rotatable bonds is 4. The highest BCUT2D eigenvalue weighted by Gasteiger charge is 2.28. The van der Waals surface area contributed by atoms with E-state index < -0.39 is 0 Å². The lowest BCUT2D eigenvalue weighted by atomic mass is 9.97. The van der Waals surface area contributed by atoms with Crippen LogP contribution in [0.1, 0.15) is 32.3 Å². The van der Waals surface area contributed by atoms with Crippen molar-refractivity contribution in [1.29, 1.82) is 0 Å². The van der Waals surface area contributed by atoms with E-state index in [-0.39, 0.29) is 0 Å². The summed E-state index contributed by atoms with van der Waals surface area (Å²) in [6.07, 6.45) is 2.67. The summed E-state index contributed by atoms with van der Waals surface area (Å²) in [7, 11) is 0. The summed E-state index contributed by atoms with van der Waals surface area (Å²) in [6, 6.07) is 11.1. The van der Waals surface area contributed by atoms with Crippen molar-refractivity contribution in [3.8, 4) is 0 Å². The van der Waals surface area contributed by atoms with Crippen LogP contribution in [0.15, 0.2) is 36.9 Å². The Morgan fingerprint density at radius 2 is 1.94 bits per heavy atom. The molecule has 0 heterocycles. The predicted octanol–water partition coefficient (Wildman–Crippen LogP) is 3.72. The minimum Gasteiger partial charge on any atom is -0.310 e. The Labute approximate surface area is 105 Å². The Morgan fingerprint density at radius 1 is 1.24 bits per heavy atom. The number of nitrogens with one attached hydrogen (secondary N) is 1. The quantitative estimate of drug-likeness (QED) is 0.829. The highest BCUT2D eigenvalue weighted by atomic mass is 14.9. The molecule has 1 N–H and O–H groups in total. The average molecular weight is 229 g/mol. The first-order valence-electron chi connectivity index (χ1n) is 6.65. The van der Waals surface area contributed by atoms with Crippen molar-refractivity contribution < 1.29 is 0 Å². The maximum Gasteiger partial charge on any atom is 0.0208 e. The van der Waals surface area contributed by atoms with Crippen LogP contribution < -0.4 is 5.32 Å². The van der Waals surface area contributed by atoms with Crippen LogP contribution in [0.5, 0.6) is 0 Å². The predicted molar refractivity (Wildman–Crippen MR) is 74.8 cm³/mol. The largest absolute Gasteiger partial charge is 0.310 e. The molecule has 1 aliphatic carbocycles. The van der Waals surface area contributed by atoms with Crippen molar-refractivity contribution in [2.24, 2.45) is 11.8 Å². The molecule has 0 amide bonds. The summed E-state index contributed by atoms with van der Waals surface area (Å²) >= 11 is 0. The molecule has 17 heavy (non-hydrogen) atoms. The molecule has 2 rings (SSSR count). The Kier molecular flexibility index (Phi) is 4.01. The summed E-state index contributed by atoms with van der Waals surface area (Å²) in [5, 5.41) is 3.66. The summed E-state index contributed by atoms with van der Waals surface area (Å²) in [4.78, 5) is 0. The first kappa shape index (κ1) is 12.4. The third-order valence-electron chi connectivity index (χ3n) is 4.22. The maximum absolute atomic E-state index is 4.17. The molecule has 0 saturated heterocycles. The van der Waals surface area contributed by atoms with Gasteiger partial charge >= 0.3 is 0 Å². The molecule has 92 valence electrons.